The van der Waals surface area contributed by atoms with Crippen molar-refractivity contribution >= 4 is 30.7 Å². The lowest BCUT2D eigenvalue weighted by molar-refractivity contribution is -0.184. The second-order valence-corrected chi connectivity index (χ2v) is 3.86. The SMILES string of the molecule is CC(=O)OC[C@@H](OC=O)[C@@H](OC(C)=O)[C@@H](C=O)OC(C)=O. The quantitative estimate of drug-likeness (QED) is 0.304. The number of aldehydes is 1. The van der Waals surface area contributed by atoms with E-state index in [0.29, 0.717) is 0 Å². The number of rotatable bonds is 9. The molecule has 0 aromatic heterocycles. The van der Waals surface area contributed by atoms with E-state index in [1.54, 1.807) is 0 Å². The first-order chi connectivity index (χ1) is 9.81. The largest absolute Gasteiger partial charge is 0.462 e. The first-order valence-electron chi connectivity index (χ1n) is 5.84. The summed E-state index contributed by atoms with van der Waals surface area (Å²) in [6.07, 6.45) is -4.03. The van der Waals surface area contributed by atoms with Crippen molar-refractivity contribution in [3.8, 4) is 0 Å². The highest BCUT2D eigenvalue weighted by Crippen LogP contribution is 2.12. The molecule has 0 amide bonds. The Morgan fingerprint density at radius 3 is 1.90 bits per heavy atom. The molecule has 0 aliphatic carbocycles. The van der Waals surface area contributed by atoms with Crippen LogP contribution in [0.3, 0.4) is 0 Å². The molecule has 0 aliphatic rings. The molecule has 0 N–H and O–H groups in total. The molecule has 0 aromatic carbocycles. The summed E-state index contributed by atoms with van der Waals surface area (Å²) in [6, 6.07) is 0. The molecular formula is C12H16O9. The Morgan fingerprint density at radius 1 is 0.952 bits per heavy atom. The van der Waals surface area contributed by atoms with E-state index in [1.807, 2.05) is 0 Å². The summed E-state index contributed by atoms with van der Waals surface area (Å²) < 4.78 is 18.8. The van der Waals surface area contributed by atoms with Gasteiger partial charge in [0.1, 0.15) is 6.61 Å². The Morgan fingerprint density at radius 2 is 1.52 bits per heavy atom. The molecule has 0 rings (SSSR count). The fourth-order valence-corrected chi connectivity index (χ4v) is 1.39. The summed E-state index contributed by atoms with van der Waals surface area (Å²) in [5.41, 5.74) is 0. The lowest BCUT2D eigenvalue weighted by atomic mass is 10.1. The van der Waals surface area contributed by atoms with Gasteiger partial charge >= 0.3 is 17.9 Å². The van der Waals surface area contributed by atoms with Gasteiger partial charge in [-0.2, -0.15) is 0 Å². The van der Waals surface area contributed by atoms with Crippen LogP contribution in [-0.4, -0.2) is 55.6 Å². The fourth-order valence-electron chi connectivity index (χ4n) is 1.39. The van der Waals surface area contributed by atoms with Gasteiger partial charge in [-0.05, 0) is 0 Å². The molecule has 21 heavy (non-hydrogen) atoms. The smallest absolute Gasteiger partial charge is 0.303 e. The number of hydrogen-bond donors (Lipinski definition) is 0. The lowest BCUT2D eigenvalue weighted by Gasteiger charge is -2.28. The molecule has 0 aromatic rings. The summed E-state index contributed by atoms with van der Waals surface area (Å²) in [6.45, 7) is 2.76. The average molecular weight is 304 g/mol. The van der Waals surface area contributed by atoms with Crippen molar-refractivity contribution in [2.24, 2.45) is 0 Å². The number of carbonyl (C=O) groups excluding carboxylic acids is 5. The van der Waals surface area contributed by atoms with E-state index in [9.17, 15) is 24.0 Å². The van der Waals surface area contributed by atoms with Crippen LogP contribution in [-0.2, 0) is 42.9 Å². The average Bonchev–Trinajstić information content (AvgIpc) is 2.38. The standard InChI is InChI=1S/C12H16O9/c1-7(15)18-5-11(19-6-14)12(21-9(3)17)10(4-13)20-8(2)16/h4,6,10-12H,5H2,1-3H3/t10-,11-,12+/m1/s1. The summed E-state index contributed by atoms with van der Waals surface area (Å²) >= 11 is 0. The number of esters is 3. The van der Waals surface area contributed by atoms with Gasteiger partial charge in [0, 0.05) is 20.8 Å². The van der Waals surface area contributed by atoms with Crippen molar-refractivity contribution in [3.63, 3.8) is 0 Å². The Bertz CT molecular complexity index is 404. The van der Waals surface area contributed by atoms with Gasteiger partial charge in [-0.1, -0.05) is 0 Å². The minimum Gasteiger partial charge on any atom is -0.462 e. The predicted octanol–water partition coefficient (Wildman–Crippen LogP) is -0.847. The van der Waals surface area contributed by atoms with Gasteiger partial charge in [0.25, 0.3) is 6.47 Å². The van der Waals surface area contributed by atoms with Gasteiger partial charge < -0.3 is 18.9 Å². The molecule has 0 spiro atoms. The molecule has 0 bridgehead atoms. The van der Waals surface area contributed by atoms with Crippen LogP contribution < -0.4 is 0 Å². The maximum Gasteiger partial charge on any atom is 0.303 e. The highest BCUT2D eigenvalue weighted by atomic mass is 16.6. The molecule has 0 unspecified atom stereocenters. The Hall–Kier alpha value is -2.45. The first kappa shape index (κ1) is 18.6. The Kier molecular flexibility index (Phi) is 8.35. The Balaban J connectivity index is 5.20. The summed E-state index contributed by atoms with van der Waals surface area (Å²) in [5.74, 6) is -2.28. The summed E-state index contributed by atoms with van der Waals surface area (Å²) in [5, 5.41) is 0. The highest BCUT2D eigenvalue weighted by Gasteiger charge is 2.37. The third kappa shape index (κ3) is 7.65. The lowest BCUT2D eigenvalue weighted by Crippen LogP contribution is -2.47. The molecule has 0 saturated heterocycles. The molecule has 0 radical (unpaired) electrons. The second-order valence-electron chi connectivity index (χ2n) is 3.86. The highest BCUT2D eigenvalue weighted by molar-refractivity contribution is 5.71. The number of ether oxygens (including phenoxy) is 4. The van der Waals surface area contributed by atoms with E-state index in [-0.39, 0.29) is 12.8 Å². The minimum absolute atomic E-state index is 0.0281. The fraction of sp³-hybridized carbons (Fsp3) is 0.583. The number of carbonyl (C=O) groups is 5. The second kappa shape index (κ2) is 9.45. The molecule has 9 heteroatoms. The van der Waals surface area contributed by atoms with Crippen molar-refractivity contribution in [1.29, 1.82) is 0 Å². The normalized spacial score (nSPS) is 14.0. The molecule has 118 valence electrons. The summed E-state index contributed by atoms with van der Waals surface area (Å²) in [7, 11) is 0. The molecule has 0 fully saturated rings. The van der Waals surface area contributed by atoms with Crippen LogP contribution in [0.4, 0.5) is 0 Å². The molecular weight excluding hydrogens is 288 g/mol. The maximum absolute atomic E-state index is 11.1. The van der Waals surface area contributed by atoms with Gasteiger partial charge in [0.05, 0.1) is 0 Å². The van der Waals surface area contributed by atoms with Crippen molar-refractivity contribution < 1.29 is 42.9 Å². The zero-order valence-electron chi connectivity index (χ0n) is 11.8. The van der Waals surface area contributed by atoms with Gasteiger partial charge in [0.2, 0.25) is 0 Å². The van der Waals surface area contributed by atoms with Crippen molar-refractivity contribution in [2.75, 3.05) is 6.61 Å². The molecule has 9 nitrogen and oxygen atoms in total. The van der Waals surface area contributed by atoms with Gasteiger partial charge in [-0.3, -0.25) is 24.0 Å². The van der Waals surface area contributed by atoms with Gasteiger partial charge in [-0.15, -0.1) is 0 Å². The van der Waals surface area contributed by atoms with Crippen molar-refractivity contribution in [3.05, 3.63) is 0 Å². The zero-order chi connectivity index (χ0) is 16.4. The molecule has 0 aliphatic heterocycles. The van der Waals surface area contributed by atoms with E-state index in [1.165, 1.54) is 0 Å². The van der Waals surface area contributed by atoms with Crippen LogP contribution in [0.5, 0.6) is 0 Å². The first-order valence-corrected chi connectivity index (χ1v) is 5.84. The molecule has 3 atom stereocenters. The minimum atomic E-state index is -1.51. The predicted molar refractivity (Wildman–Crippen MR) is 64.7 cm³/mol. The third-order valence-electron chi connectivity index (χ3n) is 2.11. The van der Waals surface area contributed by atoms with E-state index in [2.05, 4.69) is 14.2 Å². The number of hydrogen-bond acceptors (Lipinski definition) is 9. The van der Waals surface area contributed by atoms with E-state index >= 15 is 0 Å². The third-order valence-corrected chi connectivity index (χ3v) is 2.11. The maximum atomic E-state index is 11.1. The van der Waals surface area contributed by atoms with Crippen molar-refractivity contribution in [1.82, 2.24) is 0 Å². The van der Waals surface area contributed by atoms with Crippen LogP contribution >= 0.6 is 0 Å². The van der Waals surface area contributed by atoms with Crippen LogP contribution in [0.15, 0.2) is 0 Å². The van der Waals surface area contributed by atoms with Gasteiger partial charge in [0.15, 0.2) is 24.6 Å². The Labute approximate surface area is 120 Å². The molecule has 0 saturated carbocycles. The van der Waals surface area contributed by atoms with E-state index in [0.717, 1.165) is 20.8 Å². The van der Waals surface area contributed by atoms with Crippen LogP contribution in [0.25, 0.3) is 0 Å². The van der Waals surface area contributed by atoms with Crippen molar-refractivity contribution in [2.45, 2.75) is 39.1 Å². The van der Waals surface area contributed by atoms with Crippen LogP contribution in [0, 0.1) is 0 Å². The van der Waals surface area contributed by atoms with Gasteiger partial charge in [-0.25, -0.2) is 0 Å². The van der Waals surface area contributed by atoms with Crippen LogP contribution in [0.1, 0.15) is 20.8 Å². The zero-order valence-corrected chi connectivity index (χ0v) is 11.8. The molecule has 0 heterocycles. The van der Waals surface area contributed by atoms with E-state index in [4.69, 9.17) is 4.74 Å². The topological polar surface area (TPSA) is 122 Å². The monoisotopic (exact) mass is 304 g/mol. The van der Waals surface area contributed by atoms with Crippen LogP contribution in [0.2, 0.25) is 0 Å². The summed E-state index contributed by atoms with van der Waals surface area (Å²) in [4.78, 5) is 54.3. The van der Waals surface area contributed by atoms with E-state index < -0.39 is 42.8 Å².